The molecule has 1 unspecified atom stereocenters. The van der Waals surface area contributed by atoms with E-state index in [9.17, 15) is 0 Å². The molecule has 0 spiro atoms. The minimum absolute atomic E-state index is 0.297. The number of alkyl halides is 2. The third kappa shape index (κ3) is 2.96. The monoisotopic (exact) mass is 379 g/mol. The Hall–Kier alpha value is -1.43. The fourth-order valence-electron chi connectivity index (χ4n) is 2.59. The molecule has 1 aliphatic rings. The van der Waals surface area contributed by atoms with Crippen molar-refractivity contribution in [3.8, 4) is 17.1 Å². The van der Waals surface area contributed by atoms with Crippen LogP contribution < -0.4 is 0 Å². The Kier molecular flexibility index (Phi) is 4.11. The predicted octanol–water partition coefficient (Wildman–Crippen LogP) is 5.12. The molecule has 1 aromatic carbocycles. The van der Waals surface area contributed by atoms with Crippen molar-refractivity contribution in [2.45, 2.75) is 22.8 Å². The summed E-state index contributed by atoms with van der Waals surface area (Å²) in [4.78, 5) is 0. The van der Waals surface area contributed by atoms with Crippen molar-refractivity contribution < 1.29 is 4.42 Å². The van der Waals surface area contributed by atoms with Gasteiger partial charge in [-0.25, -0.2) is 0 Å². The molecule has 7 heteroatoms. The molecule has 24 heavy (non-hydrogen) atoms. The van der Waals surface area contributed by atoms with Crippen LogP contribution in [0.15, 0.2) is 52.2 Å². The lowest BCUT2D eigenvalue weighted by molar-refractivity contribution is 0.535. The minimum atomic E-state index is -0.575. The van der Waals surface area contributed by atoms with Crippen molar-refractivity contribution in [2.75, 3.05) is 5.75 Å². The van der Waals surface area contributed by atoms with Crippen molar-refractivity contribution in [2.24, 2.45) is 5.92 Å². The van der Waals surface area contributed by atoms with Crippen LogP contribution in [0, 0.1) is 12.8 Å². The maximum Gasteiger partial charge on any atom is 0.196 e. The Morgan fingerprint density at radius 3 is 2.62 bits per heavy atom. The van der Waals surface area contributed by atoms with Gasteiger partial charge in [-0.2, -0.15) is 0 Å². The number of hydrogen-bond acceptors (Lipinski definition) is 4. The quantitative estimate of drug-likeness (QED) is 0.455. The molecule has 0 N–H and O–H groups in total. The Morgan fingerprint density at radius 2 is 2.00 bits per heavy atom. The molecule has 1 fully saturated rings. The second-order valence-electron chi connectivity index (χ2n) is 5.84. The molecular weight excluding hydrogens is 365 g/mol. The van der Waals surface area contributed by atoms with E-state index < -0.39 is 4.33 Å². The highest BCUT2D eigenvalue weighted by atomic mass is 35.5. The zero-order valence-corrected chi connectivity index (χ0v) is 15.3. The van der Waals surface area contributed by atoms with Crippen LogP contribution in [0.3, 0.4) is 0 Å². The second-order valence-corrected chi connectivity index (χ2v) is 8.37. The van der Waals surface area contributed by atoms with Gasteiger partial charge in [0.15, 0.2) is 11.0 Å². The molecule has 0 aliphatic heterocycles. The molecular formula is C17H15Cl2N3OS. The number of nitrogens with zero attached hydrogens (tertiary/aromatic N) is 3. The van der Waals surface area contributed by atoms with Gasteiger partial charge >= 0.3 is 0 Å². The SMILES string of the molecule is Cc1occc1-c1nnc(SCC2CC2(Cl)Cl)n1-c1ccccc1. The normalized spacial score (nSPS) is 18.7. The highest BCUT2D eigenvalue weighted by Crippen LogP contribution is 2.54. The average Bonchev–Trinajstić information content (AvgIpc) is 2.94. The standard InChI is InChI=1S/C17H15Cl2N3OS/c1-11-14(7-8-23-11)15-20-21-16(24-10-12-9-17(12,18)19)22(15)13-5-3-2-4-6-13/h2-8,12H,9-10H2,1H3. The van der Waals surface area contributed by atoms with Crippen LogP contribution >= 0.6 is 35.0 Å². The zero-order chi connectivity index (χ0) is 16.7. The molecule has 1 aliphatic carbocycles. The van der Waals surface area contributed by atoms with E-state index in [1.165, 1.54) is 0 Å². The number of rotatable bonds is 5. The van der Waals surface area contributed by atoms with Crippen LogP contribution in [0.2, 0.25) is 0 Å². The summed E-state index contributed by atoms with van der Waals surface area (Å²) in [7, 11) is 0. The molecule has 1 saturated carbocycles. The third-order valence-corrected chi connectivity index (χ3v) is 6.13. The molecule has 2 aromatic heterocycles. The summed E-state index contributed by atoms with van der Waals surface area (Å²) in [5, 5.41) is 9.61. The molecule has 0 radical (unpaired) electrons. The molecule has 0 saturated heterocycles. The van der Waals surface area contributed by atoms with Gasteiger partial charge in [0.1, 0.15) is 10.1 Å². The van der Waals surface area contributed by atoms with Gasteiger partial charge in [0.05, 0.1) is 11.8 Å². The van der Waals surface area contributed by atoms with Crippen molar-refractivity contribution >= 4 is 35.0 Å². The van der Waals surface area contributed by atoms with Crippen molar-refractivity contribution in [3.63, 3.8) is 0 Å². The zero-order valence-electron chi connectivity index (χ0n) is 12.9. The average molecular weight is 380 g/mol. The van der Waals surface area contributed by atoms with E-state index in [4.69, 9.17) is 27.6 Å². The van der Waals surface area contributed by atoms with Crippen LogP contribution in [0.5, 0.6) is 0 Å². The Bertz CT molecular complexity index is 860. The smallest absolute Gasteiger partial charge is 0.196 e. The molecule has 124 valence electrons. The number of furan rings is 1. The third-order valence-electron chi connectivity index (χ3n) is 4.12. The number of aromatic nitrogens is 3. The first-order valence-electron chi connectivity index (χ1n) is 7.62. The minimum Gasteiger partial charge on any atom is -0.469 e. The number of halogens is 2. The summed E-state index contributed by atoms with van der Waals surface area (Å²) in [6.07, 6.45) is 2.50. The summed E-state index contributed by atoms with van der Waals surface area (Å²) >= 11 is 13.9. The fourth-order valence-corrected chi connectivity index (χ4v) is 4.47. The first kappa shape index (κ1) is 16.1. The number of aryl methyl sites for hydroxylation is 1. The van der Waals surface area contributed by atoms with Crippen molar-refractivity contribution in [1.29, 1.82) is 0 Å². The van der Waals surface area contributed by atoms with Crippen LogP contribution in [0.1, 0.15) is 12.2 Å². The van der Waals surface area contributed by atoms with Crippen LogP contribution in [0.4, 0.5) is 0 Å². The Balaban J connectivity index is 1.72. The van der Waals surface area contributed by atoms with Gasteiger partial charge in [-0.3, -0.25) is 4.57 Å². The molecule has 4 rings (SSSR count). The molecule has 2 heterocycles. The van der Waals surface area contributed by atoms with Gasteiger partial charge in [-0.05, 0) is 31.5 Å². The van der Waals surface area contributed by atoms with Crippen LogP contribution in [-0.4, -0.2) is 24.9 Å². The number of para-hydroxylation sites is 1. The summed E-state index contributed by atoms with van der Waals surface area (Å²) in [6.45, 7) is 1.92. The lowest BCUT2D eigenvalue weighted by Crippen LogP contribution is -2.01. The summed E-state index contributed by atoms with van der Waals surface area (Å²) in [5.41, 5.74) is 1.95. The van der Waals surface area contributed by atoms with E-state index in [1.807, 2.05) is 43.3 Å². The molecule has 0 bridgehead atoms. The van der Waals surface area contributed by atoms with Gasteiger partial charge < -0.3 is 4.42 Å². The van der Waals surface area contributed by atoms with Gasteiger partial charge in [-0.15, -0.1) is 33.4 Å². The lowest BCUT2D eigenvalue weighted by atomic mass is 10.2. The van der Waals surface area contributed by atoms with Gasteiger partial charge in [0.25, 0.3) is 0 Å². The number of hydrogen-bond donors (Lipinski definition) is 0. The van der Waals surface area contributed by atoms with E-state index in [-0.39, 0.29) is 0 Å². The van der Waals surface area contributed by atoms with Gasteiger partial charge in [0.2, 0.25) is 0 Å². The topological polar surface area (TPSA) is 43.9 Å². The highest BCUT2D eigenvalue weighted by molar-refractivity contribution is 7.99. The van der Waals surface area contributed by atoms with Crippen molar-refractivity contribution in [1.82, 2.24) is 14.8 Å². The van der Waals surface area contributed by atoms with E-state index in [2.05, 4.69) is 14.8 Å². The lowest BCUT2D eigenvalue weighted by Gasteiger charge is -2.09. The highest BCUT2D eigenvalue weighted by Gasteiger charge is 2.51. The first-order chi connectivity index (χ1) is 11.6. The molecule has 3 aromatic rings. The predicted molar refractivity (Wildman–Crippen MR) is 97.1 cm³/mol. The summed E-state index contributed by atoms with van der Waals surface area (Å²) < 4.78 is 6.91. The summed E-state index contributed by atoms with van der Waals surface area (Å²) in [5.74, 6) is 2.71. The van der Waals surface area contributed by atoms with E-state index in [0.29, 0.717) is 5.92 Å². The first-order valence-corrected chi connectivity index (χ1v) is 9.36. The second kappa shape index (κ2) is 6.14. The molecule has 0 amide bonds. The van der Waals surface area contributed by atoms with Crippen LogP contribution in [-0.2, 0) is 0 Å². The van der Waals surface area contributed by atoms with Gasteiger partial charge in [-0.1, -0.05) is 30.0 Å². The van der Waals surface area contributed by atoms with E-state index >= 15 is 0 Å². The van der Waals surface area contributed by atoms with E-state index in [0.717, 1.165) is 40.2 Å². The largest absolute Gasteiger partial charge is 0.469 e. The van der Waals surface area contributed by atoms with Crippen LogP contribution in [0.25, 0.3) is 17.1 Å². The molecule has 1 atom stereocenters. The maximum atomic E-state index is 6.13. The Labute approximate surface area is 154 Å². The van der Waals surface area contributed by atoms with E-state index in [1.54, 1.807) is 18.0 Å². The fraction of sp³-hybridized carbons (Fsp3) is 0.294. The Morgan fingerprint density at radius 1 is 1.25 bits per heavy atom. The van der Waals surface area contributed by atoms with Crippen molar-refractivity contribution in [3.05, 3.63) is 48.4 Å². The molecule has 4 nitrogen and oxygen atoms in total. The maximum absolute atomic E-state index is 6.13. The number of benzene rings is 1. The number of thioether (sulfide) groups is 1. The van der Waals surface area contributed by atoms with Gasteiger partial charge in [0, 0.05) is 17.4 Å². The summed E-state index contributed by atoms with van der Waals surface area (Å²) in [6, 6.07) is 12.0.